The lowest BCUT2D eigenvalue weighted by Gasteiger charge is -2.24. The van der Waals surface area contributed by atoms with Crippen LogP contribution in [0.5, 0.6) is 5.75 Å². The van der Waals surface area contributed by atoms with Gasteiger partial charge >= 0.3 is 0 Å². The number of aromatic hydroxyl groups is 1. The first kappa shape index (κ1) is 9.46. The molecule has 1 aromatic carbocycles. The van der Waals surface area contributed by atoms with Gasteiger partial charge in [0, 0.05) is 11.1 Å². The minimum Gasteiger partial charge on any atom is -0.505 e. The third-order valence-corrected chi connectivity index (χ3v) is 3.02. The molecular formula is C11H14FNO. The van der Waals surface area contributed by atoms with Crippen molar-refractivity contribution in [2.45, 2.75) is 31.2 Å². The Labute approximate surface area is 82.5 Å². The molecule has 0 bridgehead atoms. The molecule has 0 aliphatic heterocycles. The molecule has 0 radical (unpaired) electrons. The molecule has 0 unspecified atom stereocenters. The summed E-state index contributed by atoms with van der Waals surface area (Å²) in [7, 11) is 0. The highest BCUT2D eigenvalue weighted by Gasteiger charge is 2.34. The second-order valence-corrected chi connectivity index (χ2v) is 4.00. The molecule has 76 valence electrons. The van der Waals surface area contributed by atoms with Gasteiger partial charge in [-0.3, -0.25) is 0 Å². The van der Waals surface area contributed by atoms with Crippen molar-refractivity contribution >= 4 is 0 Å². The summed E-state index contributed by atoms with van der Waals surface area (Å²) in [5.74, 6) is -0.865. The Balaban J connectivity index is 2.45. The number of nitrogens with two attached hydrogens (primary N) is 1. The lowest BCUT2D eigenvalue weighted by atomic mass is 9.88. The number of hydrogen-bond acceptors (Lipinski definition) is 2. The molecule has 1 aliphatic carbocycles. The third-order valence-electron chi connectivity index (χ3n) is 3.02. The molecule has 1 aromatic rings. The monoisotopic (exact) mass is 195 g/mol. The molecule has 2 rings (SSSR count). The third kappa shape index (κ3) is 1.38. The molecule has 3 N–H and O–H groups in total. The largest absolute Gasteiger partial charge is 0.505 e. The van der Waals surface area contributed by atoms with Gasteiger partial charge in [-0.15, -0.1) is 0 Å². The van der Waals surface area contributed by atoms with Crippen LogP contribution in [0.3, 0.4) is 0 Å². The van der Waals surface area contributed by atoms with E-state index in [1.165, 1.54) is 6.07 Å². The summed E-state index contributed by atoms with van der Waals surface area (Å²) in [5, 5.41) is 9.57. The fourth-order valence-electron chi connectivity index (χ4n) is 2.19. The van der Waals surface area contributed by atoms with E-state index in [9.17, 15) is 9.50 Å². The minimum absolute atomic E-state index is 0.281. The Morgan fingerprint density at radius 2 is 1.93 bits per heavy atom. The van der Waals surface area contributed by atoms with E-state index in [2.05, 4.69) is 0 Å². The molecular weight excluding hydrogens is 181 g/mol. The number of phenols is 1. The number of benzene rings is 1. The van der Waals surface area contributed by atoms with Gasteiger partial charge in [0.1, 0.15) is 0 Å². The topological polar surface area (TPSA) is 46.2 Å². The maximum absolute atomic E-state index is 13.1. The molecule has 0 aromatic heterocycles. The molecule has 0 heterocycles. The van der Waals surface area contributed by atoms with Gasteiger partial charge in [0.25, 0.3) is 0 Å². The summed E-state index contributed by atoms with van der Waals surface area (Å²) in [4.78, 5) is 0. The summed E-state index contributed by atoms with van der Waals surface area (Å²) in [6.45, 7) is 0. The van der Waals surface area contributed by atoms with Gasteiger partial charge in [-0.2, -0.15) is 0 Å². The predicted molar refractivity (Wildman–Crippen MR) is 52.4 cm³/mol. The SMILES string of the molecule is NC1(c2cccc(F)c2O)CCCC1. The first-order valence-corrected chi connectivity index (χ1v) is 4.90. The highest BCUT2D eigenvalue weighted by atomic mass is 19.1. The summed E-state index contributed by atoms with van der Waals surface area (Å²) < 4.78 is 13.1. The average Bonchev–Trinajstić information content (AvgIpc) is 2.58. The van der Waals surface area contributed by atoms with Crippen LogP contribution in [0.25, 0.3) is 0 Å². The summed E-state index contributed by atoms with van der Waals surface area (Å²) in [5.41, 5.74) is 6.15. The highest BCUT2D eigenvalue weighted by molar-refractivity contribution is 5.39. The van der Waals surface area contributed by atoms with Crippen molar-refractivity contribution in [2.24, 2.45) is 5.73 Å². The number of halogens is 1. The van der Waals surface area contributed by atoms with E-state index in [-0.39, 0.29) is 5.75 Å². The van der Waals surface area contributed by atoms with Gasteiger partial charge in [-0.05, 0) is 18.9 Å². The van der Waals surface area contributed by atoms with Crippen LogP contribution in [0, 0.1) is 5.82 Å². The Morgan fingerprint density at radius 3 is 2.57 bits per heavy atom. The predicted octanol–water partition coefficient (Wildman–Crippen LogP) is 2.26. The van der Waals surface area contributed by atoms with E-state index >= 15 is 0 Å². The quantitative estimate of drug-likeness (QED) is 0.722. The smallest absolute Gasteiger partial charge is 0.165 e. The maximum atomic E-state index is 13.1. The molecule has 1 fully saturated rings. The van der Waals surface area contributed by atoms with E-state index < -0.39 is 11.4 Å². The Hall–Kier alpha value is -1.09. The van der Waals surface area contributed by atoms with Gasteiger partial charge in [-0.1, -0.05) is 25.0 Å². The molecule has 2 nitrogen and oxygen atoms in total. The van der Waals surface area contributed by atoms with E-state index in [1.807, 2.05) is 0 Å². The first-order chi connectivity index (χ1) is 6.63. The zero-order valence-corrected chi connectivity index (χ0v) is 7.96. The van der Waals surface area contributed by atoms with Gasteiger partial charge < -0.3 is 10.8 Å². The number of para-hydroxylation sites is 1. The van der Waals surface area contributed by atoms with E-state index in [0.717, 1.165) is 25.7 Å². The van der Waals surface area contributed by atoms with Crippen LogP contribution in [0.4, 0.5) is 4.39 Å². The molecule has 1 aliphatic rings. The van der Waals surface area contributed by atoms with Crippen LogP contribution in [0.2, 0.25) is 0 Å². The summed E-state index contributed by atoms with van der Waals surface area (Å²) in [6, 6.07) is 4.55. The Bertz CT molecular complexity index is 345. The molecule has 0 spiro atoms. The van der Waals surface area contributed by atoms with Crippen molar-refractivity contribution in [3.63, 3.8) is 0 Å². The van der Waals surface area contributed by atoms with Crippen molar-refractivity contribution in [2.75, 3.05) is 0 Å². The molecule has 1 saturated carbocycles. The second-order valence-electron chi connectivity index (χ2n) is 4.00. The standard InChI is InChI=1S/C11H14FNO/c12-9-5-3-4-8(10(9)14)11(13)6-1-2-7-11/h3-5,14H,1-2,6-7,13H2. The van der Waals surface area contributed by atoms with Crippen LogP contribution in [0.1, 0.15) is 31.2 Å². The zero-order chi connectivity index (χ0) is 10.2. The molecule has 0 amide bonds. The second kappa shape index (κ2) is 3.24. The van der Waals surface area contributed by atoms with Gasteiger partial charge in [0.15, 0.2) is 11.6 Å². The number of rotatable bonds is 1. The van der Waals surface area contributed by atoms with Crippen molar-refractivity contribution in [3.8, 4) is 5.75 Å². The van der Waals surface area contributed by atoms with Crippen molar-refractivity contribution in [3.05, 3.63) is 29.6 Å². The van der Waals surface area contributed by atoms with E-state index in [0.29, 0.717) is 5.56 Å². The van der Waals surface area contributed by atoms with Crippen LogP contribution < -0.4 is 5.73 Å². The van der Waals surface area contributed by atoms with Crippen molar-refractivity contribution in [1.29, 1.82) is 0 Å². The Kier molecular flexibility index (Phi) is 2.19. The van der Waals surface area contributed by atoms with Crippen LogP contribution in [-0.4, -0.2) is 5.11 Å². The molecule has 14 heavy (non-hydrogen) atoms. The van der Waals surface area contributed by atoms with Gasteiger partial charge in [0.2, 0.25) is 0 Å². The van der Waals surface area contributed by atoms with Gasteiger partial charge in [0.05, 0.1) is 0 Å². The molecule has 0 saturated heterocycles. The summed E-state index contributed by atoms with van der Waals surface area (Å²) >= 11 is 0. The Morgan fingerprint density at radius 1 is 1.29 bits per heavy atom. The normalized spacial score (nSPS) is 19.9. The van der Waals surface area contributed by atoms with Crippen LogP contribution in [0.15, 0.2) is 18.2 Å². The van der Waals surface area contributed by atoms with Crippen LogP contribution in [-0.2, 0) is 5.54 Å². The molecule has 0 atom stereocenters. The van der Waals surface area contributed by atoms with Gasteiger partial charge in [-0.25, -0.2) is 4.39 Å². The lowest BCUT2D eigenvalue weighted by Crippen LogP contribution is -2.33. The fraction of sp³-hybridized carbons (Fsp3) is 0.455. The summed E-state index contributed by atoms with van der Waals surface area (Å²) in [6.07, 6.45) is 3.74. The average molecular weight is 195 g/mol. The lowest BCUT2D eigenvalue weighted by molar-refractivity contribution is 0.385. The van der Waals surface area contributed by atoms with Crippen LogP contribution >= 0.6 is 0 Å². The van der Waals surface area contributed by atoms with Crippen molar-refractivity contribution < 1.29 is 9.50 Å². The van der Waals surface area contributed by atoms with E-state index in [1.54, 1.807) is 12.1 Å². The maximum Gasteiger partial charge on any atom is 0.165 e. The minimum atomic E-state index is -0.584. The first-order valence-electron chi connectivity index (χ1n) is 4.90. The fourth-order valence-corrected chi connectivity index (χ4v) is 2.19. The van der Waals surface area contributed by atoms with E-state index in [4.69, 9.17) is 5.73 Å². The highest BCUT2D eigenvalue weighted by Crippen LogP contribution is 2.40. The molecule has 3 heteroatoms. The van der Waals surface area contributed by atoms with Crippen molar-refractivity contribution in [1.82, 2.24) is 0 Å². The number of hydrogen-bond donors (Lipinski definition) is 2. The zero-order valence-electron chi connectivity index (χ0n) is 7.96. The number of phenolic OH excluding ortho intramolecular Hbond substituents is 1.